The van der Waals surface area contributed by atoms with E-state index in [2.05, 4.69) is 0 Å². The molecule has 5 nitrogen and oxygen atoms in total. The van der Waals surface area contributed by atoms with E-state index in [0.717, 1.165) is 11.1 Å². The lowest BCUT2D eigenvalue weighted by molar-refractivity contribution is -0.109. The summed E-state index contributed by atoms with van der Waals surface area (Å²) in [6, 6.07) is 5.14. The number of nitrogens with two attached hydrogens (primary N) is 1. The maximum atomic E-state index is 12.8. The van der Waals surface area contributed by atoms with Crippen molar-refractivity contribution >= 4 is 10.0 Å². The minimum Gasteiger partial charge on any atom is -0.370 e. The van der Waals surface area contributed by atoms with Crippen LogP contribution in [-0.2, 0) is 21.3 Å². The summed E-state index contributed by atoms with van der Waals surface area (Å²) >= 11 is 0. The van der Waals surface area contributed by atoms with Crippen molar-refractivity contribution in [3.8, 4) is 0 Å². The second kappa shape index (κ2) is 5.68. The number of hydrogen-bond acceptors (Lipinski definition) is 4. The topological polar surface area (TPSA) is 72.6 Å². The Kier molecular flexibility index (Phi) is 4.44. The van der Waals surface area contributed by atoms with Gasteiger partial charge in [0.15, 0.2) is 0 Å². The molecule has 1 saturated heterocycles. The fraction of sp³-hybridized carbons (Fsp3) is 0.600. The van der Waals surface area contributed by atoms with E-state index < -0.39 is 15.6 Å². The molecule has 6 heteroatoms. The minimum atomic E-state index is -3.52. The zero-order valence-electron chi connectivity index (χ0n) is 13.1. The summed E-state index contributed by atoms with van der Waals surface area (Å²) < 4.78 is 32.9. The number of hydrogen-bond donors (Lipinski definition) is 1. The predicted octanol–water partition coefficient (Wildman–Crippen LogP) is 1.64. The van der Waals surface area contributed by atoms with Gasteiger partial charge in [0.2, 0.25) is 10.0 Å². The van der Waals surface area contributed by atoms with Crippen LogP contribution in [0.4, 0.5) is 0 Å². The number of nitrogens with zero attached hydrogens (tertiary/aromatic N) is 1. The Labute approximate surface area is 127 Å². The quantitative estimate of drug-likeness (QED) is 0.921. The SMILES string of the molecule is Cc1ccc(S(=O)(=O)N2CC(C)OC(C)(C)C2)cc1CN. The first-order chi connectivity index (χ1) is 9.65. The molecule has 1 heterocycles. The van der Waals surface area contributed by atoms with Crippen LogP contribution < -0.4 is 5.73 Å². The summed E-state index contributed by atoms with van der Waals surface area (Å²) in [5, 5.41) is 0. The maximum Gasteiger partial charge on any atom is 0.243 e. The Morgan fingerprint density at radius 1 is 1.43 bits per heavy atom. The van der Waals surface area contributed by atoms with Crippen LogP contribution in [0.15, 0.2) is 23.1 Å². The van der Waals surface area contributed by atoms with Gasteiger partial charge in [-0.15, -0.1) is 0 Å². The summed E-state index contributed by atoms with van der Waals surface area (Å²) in [6.07, 6.45) is -0.122. The van der Waals surface area contributed by atoms with Crippen molar-refractivity contribution in [3.05, 3.63) is 29.3 Å². The number of morpholine rings is 1. The van der Waals surface area contributed by atoms with Gasteiger partial charge in [0.25, 0.3) is 0 Å². The van der Waals surface area contributed by atoms with Gasteiger partial charge in [0, 0.05) is 19.6 Å². The Morgan fingerprint density at radius 3 is 2.67 bits per heavy atom. The summed E-state index contributed by atoms with van der Waals surface area (Å²) in [5.74, 6) is 0. The summed E-state index contributed by atoms with van der Waals surface area (Å²) in [7, 11) is -3.52. The number of benzene rings is 1. The van der Waals surface area contributed by atoms with Crippen molar-refractivity contribution in [3.63, 3.8) is 0 Å². The van der Waals surface area contributed by atoms with E-state index in [9.17, 15) is 8.42 Å². The fourth-order valence-corrected chi connectivity index (χ4v) is 4.47. The minimum absolute atomic E-state index is 0.122. The van der Waals surface area contributed by atoms with E-state index >= 15 is 0 Å². The molecule has 0 spiro atoms. The zero-order valence-corrected chi connectivity index (χ0v) is 13.9. The van der Waals surface area contributed by atoms with E-state index in [0.29, 0.717) is 24.5 Å². The average Bonchev–Trinajstić information content (AvgIpc) is 2.36. The van der Waals surface area contributed by atoms with Gasteiger partial charge in [0.1, 0.15) is 0 Å². The molecule has 0 saturated carbocycles. The molecule has 1 aliphatic rings. The first-order valence-electron chi connectivity index (χ1n) is 7.13. The molecule has 1 fully saturated rings. The van der Waals surface area contributed by atoms with Gasteiger partial charge >= 0.3 is 0 Å². The number of aryl methyl sites for hydroxylation is 1. The lowest BCUT2D eigenvalue weighted by Gasteiger charge is -2.40. The van der Waals surface area contributed by atoms with Crippen molar-refractivity contribution in [2.45, 2.75) is 50.8 Å². The highest BCUT2D eigenvalue weighted by atomic mass is 32.2. The van der Waals surface area contributed by atoms with Crippen molar-refractivity contribution in [2.75, 3.05) is 13.1 Å². The normalized spacial score (nSPS) is 23.2. The Morgan fingerprint density at radius 2 is 2.10 bits per heavy atom. The molecule has 1 aliphatic heterocycles. The molecule has 0 amide bonds. The van der Waals surface area contributed by atoms with Gasteiger partial charge in [-0.05, 0) is 51.0 Å². The molecule has 0 aliphatic carbocycles. The van der Waals surface area contributed by atoms with Crippen LogP contribution in [0.1, 0.15) is 31.9 Å². The molecule has 2 N–H and O–H groups in total. The summed E-state index contributed by atoms with van der Waals surface area (Å²) in [6.45, 7) is 8.70. The molecule has 2 rings (SSSR count). The lowest BCUT2D eigenvalue weighted by Crippen LogP contribution is -2.53. The number of sulfonamides is 1. The lowest BCUT2D eigenvalue weighted by atomic mass is 10.1. The molecule has 1 aromatic carbocycles. The highest BCUT2D eigenvalue weighted by Crippen LogP contribution is 2.27. The zero-order chi connectivity index (χ0) is 15.8. The molecular weight excluding hydrogens is 288 g/mol. The van der Waals surface area contributed by atoms with Crippen molar-refractivity contribution < 1.29 is 13.2 Å². The predicted molar refractivity (Wildman–Crippen MR) is 82.5 cm³/mol. The summed E-state index contributed by atoms with van der Waals surface area (Å²) in [4.78, 5) is 0.304. The van der Waals surface area contributed by atoms with Crippen LogP contribution in [0.2, 0.25) is 0 Å². The van der Waals surface area contributed by atoms with Crippen LogP contribution in [0.5, 0.6) is 0 Å². The van der Waals surface area contributed by atoms with E-state index in [1.807, 2.05) is 33.8 Å². The smallest absolute Gasteiger partial charge is 0.243 e. The third-order valence-electron chi connectivity index (χ3n) is 3.72. The summed E-state index contributed by atoms with van der Waals surface area (Å²) in [5.41, 5.74) is 7.06. The number of rotatable bonds is 3. The van der Waals surface area contributed by atoms with Crippen LogP contribution >= 0.6 is 0 Å². The van der Waals surface area contributed by atoms with Crippen LogP contribution in [-0.4, -0.2) is 37.5 Å². The number of ether oxygens (including phenoxy) is 1. The van der Waals surface area contributed by atoms with E-state index in [1.54, 1.807) is 12.1 Å². The van der Waals surface area contributed by atoms with E-state index in [4.69, 9.17) is 10.5 Å². The van der Waals surface area contributed by atoms with Crippen molar-refractivity contribution in [2.24, 2.45) is 5.73 Å². The van der Waals surface area contributed by atoms with Gasteiger partial charge in [-0.2, -0.15) is 4.31 Å². The molecule has 0 radical (unpaired) electrons. The van der Waals surface area contributed by atoms with Crippen LogP contribution in [0, 0.1) is 6.92 Å². The van der Waals surface area contributed by atoms with Crippen molar-refractivity contribution in [1.29, 1.82) is 0 Å². The van der Waals surface area contributed by atoms with Crippen molar-refractivity contribution in [1.82, 2.24) is 4.31 Å². The molecule has 1 atom stereocenters. The molecular formula is C15H24N2O3S. The molecule has 21 heavy (non-hydrogen) atoms. The third-order valence-corrected chi connectivity index (χ3v) is 5.52. The average molecular weight is 312 g/mol. The monoisotopic (exact) mass is 312 g/mol. The molecule has 0 bridgehead atoms. The second-order valence-corrected chi connectivity index (χ2v) is 8.22. The highest BCUT2D eigenvalue weighted by Gasteiger charge is 2.37. The van der Waals surface area contributed by atoms with Crippen LogP contribution in [0.3, 0.4) is 0 Å². The first kappa shape index (κ1) is 16.4. The van der Waals surface area contributed by atoms with E-state index in [-0.39, 0.29) is 6.10 Å². The fourth-order valence-electron chi connectivity index (χ4n) is 2.76. The Hall–Kier alpha value is -0.950. The molecule has 1 aromatic rings. The highest BCUT2D eigenvalue weighted by molar-refractivity contribution is 7.89. The Bertz CT molecular complexity index is 626. The maximum absolute atomic E-state index is 12.8. The van der Waals surface area contributed by atoms with Gasteiger partial charge in [0.05, 0.1) is 16.6 Å². The molecule has 0 aromatic heterocycles. The van der Waals surface area contributed by atoms with Gasteiger partial charge in [-0.1, -0.05) is 6.07 Å². The first-order valence-corrected chi connectivity index (χ1v) is 8.57. The van der Waals surface area contributed by atoms with Crippen LogP contribution in [0.25, 0.3) is 0 Å². The Balaban J connectivity index is 2.37. The molecule has 1 unspecified atom stereocenters. The van der Waals surface area contributed by atoms with Gasteiger partial charge in [-0.3, -0.25) is 0 Å². The molecule has 118 valence electrons. The third kappa shape index (κ3) is 3.45. The van der Waals surface area contributed by atoms with Gasteiger partial charge in [-0.25, -0.2) is 8.42 Å². The largest absolute Gasteiger partial charge is 0.370 e. The second-order valence-electron chi connectivity index (χ2n) is 6.28. The van der Waals surface area contributed by atoms with E-state index in [1.165, 1.54) is 4.31 Å². The standard InChI is InChI=1S/C15H24N2O3S/c1-11-5-6-14(7-13(11)8-16)21(18,19)17-9-12(2)20-15(3,4)10-17/h5-7,12H,8-10,16H2,1-4H3. The van der Waals surface area contributed by atoms with Gasteiger partial charge < -0.3 is 10.5 Å².